The number of hydrogen-bond acceptors (Lipinski definition) is 5. The van der Waals surface area contributed by atoms with Gasteiger partial charge in [0.25, 0.3) is 0 Å². The molecule has 0 aliphatic carbocycles. The second-order valence-electron chi connectivity index (χ2n) is 5.20. The van der Waals surface area contributed by atoms with E-state index in [-0.39, 0.29) is 24.0 Å². The lowest BCUT2D eigenvalue weighted by atomic mass is 10.1. The Bertz CT molecular complexity index is 693. The van der Waals surface area contributed by atoms with Crippen molar-refractivity contribution in [3.63, 3.8) is 0 Å². The molecule has 1 aromatic carbocycles. The summed E-state index contributed by atoms with van der Waals surface area (Å²) in [7, 11) is 4.87. The summed E-state index contributed by atoms with van der Waals surface area (Å²) in [5.74, 6) is 2.80. The van der Waals surface area contributed by atoms with Crippen molar-refractivity contribution < 1.29 is 14.2 Å². The molecule has 6 nitrogen and oxygen atoms in total. The Kier molecular flexibility index (Phi) is 10.2. The van der Waals surface area contributed by atoms with Gasteiger partial charge in [-0.25, -0.2) is 4.99 Å². The summed E-state index contributed by atoms with van der Waals surface area (Å²) in [4.78, 5) is 4.61. The van der Waals surface area contributed by atoms with Gasteiger partial charge in [-0.15, -0.1) is 24.0 Å². The number of nitrogens with zero attached hydrogens (tertiary/aromatic N) is 1. The molecule has 0 atom stereocenters. The molecule has 0 fully saturated rings. The summed E-state index contributed by atoms with van der Waals surface area (Å²) in [6.07, 6.45) is 0. The lowest BCUT2D eigenvalue weighted by Gasteiger charge is -2.16. The molecule has 0 bridgehead atoms. The molecule has 144 valence electrons. The van der Waals surface area contributed by atoms with Crippen LogP contribution in [-0.2, 0) is 13.1 Å². The van der Waals surface area contributed by atoms with Crippen LogP contribution in [0.1, 0.15) is 18.1 Å². The lowest BCUT2D eigenvalue weighted by Crippen LogP contribution is -2.36. The minimum Gasteiger partial charge on any atom is -0.496 e. The van der Waals surface area contributed by atoms with E-state index in [0.29, 0.717) is 24.6 Å². The smallest absolute Gasteiger partial charge is 0.191 e. The van der Waals surface area contributed by atoms with E-state index in [1.165, 1.54) is 5.56 Å². The van der Waals surface area contributed by atoms with Crippen LogP contribution < -0.4 is 24.8 Å². The summed E-state index contributed by atoms with van der Waals surface area (Å²) in [6.45, 7) is 4.03. The fraction of sp³-hybridized carbons (Fsp3) is 0.389. The molecular weight excluding hydrogens is 465 g/mol. The van der Waals surface area contributed by atoms with Gasteiger partial charge in [0.1, 0.15) is 5.75 Å². The number of nitrogens with one attached hydrogen (secondary N) is 2. The number of thiophene rings is 1. The van der Waals surface area contributed by atoms with Gasteiger partial charge in [-0.05, 0) is 35.4 Å². The molecule has 1 heterocycles. The fourth-order valence-corrected chi connectivity index (χ4v) is 2.96. The van der Waals surface area contributed by atoms with Crippen molar-refractivity contribution in [3.8, 4) is 17.2 Å². The quantitative estimate of drug-likeness (QED) is 0.336. The first-order valence-electron chi connectivity index (χ1n) is 8.04. The third kappa shape index (κ3) is 6.24. The molecule has 0 amide bonds. The Morgan fingerprint density at radius 2 is 1.73 bits per heavy atom. The number of ether oxygens (including phenoxy) is 3. The van der Waals surface area contributed by atoms with Crippen LogP contribution in [0.25, 0.3) is 0 Å². The van der Waals surface area contributed by atoms with Gasteiger partial charge >= 0.3 is 0 Å². The van der Waals surface area contributed by atoms with Crippen LogP contribution in [0.5, 0.6) is 17.2 Å². The first kappa shape index (κ1) is 22.4. The van der Waals surface area contributed by atoms with Gasteiger partial charge in [-0.1, -0.05) is 0 Å². The number of hydrogen-bond donors (Lipinski definition) is 2. The summed E-state index contributed by atoms with van der Waals surface area (Å²) in [5, 5.41) is 10.7. The molecule has 26 heavy (non-hydrogen) atoms. The number of guanidine groups is 1. The summed E-state index contributed by atoms with van der Waals surface area (Å²) < 4.78 is 16.2. The van der Waals surface area contributed by atoms with E-state index in [1.54, 1.807) is 32.7 Å². The summed E-state index contributed by atoms with van der Waals surface area (Å²) >= 11 is 1.67. The van der Waals surface area contributed by atoms with Crippen molar-refractivity contribution in [1.82, 2.24) is 10.6 Å². The molecule has 2 aromatic rings. The highest BCUT2D eigenvalue weighted by atomic mass is 127. The third-order valence-corrected chi connectivity index (χ3v) is 4.31. The molecule has 0 radical (unpaired) electrons. The van der Waals surface area contributed by atoms with Gasteiger partial charge in [0.15, 0.2) is 17.5 Å². The lowest BCUT2D eigenvalue weighted by molar-refractivity contribution is 0.347. The molecule has 0 unspecified atom stereocenters. The maximum Gasteiger partial charge on any atom is 0.191 e. The van der Waals surface area contributed by atoms with Crippen molar-refractivity contribution in [2.45, 2.75) is 20.0 Å². The van der Waals surface area contributed by atoms with Gasteiger partial charge in [0, 0.05) is 24.7 Å². The number of aliphatic imine (C=N–C) groups is 1. The van der Waals surface area contributed by atoms with Gasteiger partial charge in [0.2, 0.25) is 0 Å². The normalized spacial score (nSPS) is 10.7. The minimum absolute atomic E-state index is 0. The van der Waals surface area contributed by atoms with Crippen molar-refractivity contribution >= 4 is 41.3 Å². The maximum atomic E-state index is 5.46. The van der Waals surface area contributed by atoms with E-state index in [1.807, 2.05) is 19.1 Å². The van der Waals surface area contributed by atoms with Crippen molar-refractivity contribution in [1.29, 1.82) is 0 Å². The zero-order valence-electron chi connectivity index (χ0n) is 15.5. The van der Waals surface area contributed by atoms with E-state index in [4.69, 9.17) is 14.2 Å². The topological polar surface area (TPSA) is 64.1 Å². The molecule has 0 spiro atoms. The Morgan fingerprint density at radius 1 is 1.04 bits per heavy atom. The Morgan fingerprint density at radius 3 is 2.31 bits per heavy atom. The summed E-state index contributed by atoms with van der Waals surface area (Å²) in [6, 6.07) is 5.81. The van der Waals surface area contributed by atoms with E-state index < -0.39 is 0 Å². The van der Waals surface area contributed by atoms with Crippen LogP contribution in [0, 0.1) is 0 Å². The monoisotopic (exact) mass is 491 g/mol. The number of rotatable bonds is 8. The van der Waals surface area contributed by atoms with Crippen LogP contribution in [-0.4, -0.2) is 33.8 Å². The van der Waals surface area contributed by atoms with Crippen LogP contribution >= 0.6 is 35.3 Å². The molecule has 0 aliphatic rings. The Balaban J connectivity index is 0.00000338. The highest BCUT2D eigenvalue weighted by molar-refractivity contribution is 14.0. The van der Waals surface area contributed by atoms with Crippen LogP contribution in [0.3, 0.4) is 0 Å². The maximum absolute atomic E-state index is 5.46. The van der Waals surface area contributed by atoms with Gasteiger partial charge in [-0.3, -0.25) is 0 Å². The van der Waals surface area contributed by atoms with E-state index in [9.17, 15) is 0 Å². The zero-order chi connectivity index (χ0) is 18.1. The molecule has 2 rings (SSSR count). The van der Waals surface area contributed by atoms with Gasteiger partial charge in [-0.2, -0.15) is 11.3 Å². The first-order chi connectivity index (χ1) is 12.2. The fourth-order valence-electron chi connectivity index (χ4n) is 2.30. The predicted molar refractivity (Wildman–Crippen MR) is 117 cm³/mol. The number of halogens is 1. The molecule has 2 N–H and O–H groups in total. The second kappa shape index (κ2) is 11.8. The highest BCUT2D eigenvalue weighted by Gasteiger charge is 2.12. The molecule has 1 aromatic heterocycles. The molecular formula is C18H26IN3O3S. The second-order valence-corrected chi connectivity index (χ2v) is 5.98. The molecule has 8 heteroatoms. The van der Waals surface area contributed by atoms with E-state index in [2.05, 4.69) is 32.5 Å². The summed E-state index contributed by atoms with van der Waals surface area (Å²) in [5.41, 5.74) is 2.16. The highest BCUT2D eigenvalue weighted by Crippen LogP contribution is 2.34. The van der Waals surface area contributed by atoms with Crippen molar-refractivity contribution in [3.05, 3.63) is 40.1 Å². The number of benzene rings is 1. The van der Waals surface area contributed by atoms with E-state index >= 15 is 0 Å². The SMILES string of the molecule is CCNC(=NCc1ccsc1)NCc1cc(OC)c(OC)cc1OC.I. The molecule has 0 saturated carbocycles. The van der Waals surface area contributed by atoms with Gasteiger partial charge < -0.3 is 24.8 Å². The van der Waals surface area contributed by atoms with Crippen molar-refractivity contribution in [2.24, 2.45) is 4.99 Å². The third-order valence-electron chi connectivity index (χ3n) is 3.58. The average Bonchev–Trinajstić information content (AvgIpc) is 3.16. The minimum atomic E-state index is 0. The number of methoxy groups -OCH3 is 3. The van der Waals surface area contributed by atoms with E-state index in [0.717, 1.165) is 23.8 Å². The Hall–Kier alpha value is -1.68. The largest absolute Gasteiger partial charge is 0.496 e. The first-order valence-corrected chi connectivity index (χ1v) is 8.98. The standard InChI is InChI=1S/C18H25N3O3S.HI/c1-5-19-18(20-10-13-6-7-25-12-13)21-11-14-8-16(23-3)17(24-4)9-15(14)22-2;/h6-9,12H,5,10-11H2,1-4H3,(H2,19,20,21);1H. The molecule has 0 aliphatic heterocycles. The molecule has 0 saturated heterocycles. The van der Waals surface area contributed by atoms with Crippen molar-refractivity contribution in [2.75, 3.05) is 27.9 Å². The zero-order valence-corrected chi connectivity index (χ0v) is 18.6. The Labute approximate surface area is 176 Å². The average molecular weight is 491 g/mol. The van der Waals surface area contributed by atoms with Gasteiger partial charge in [0.05, 0.1) is 27.9 Å². The van der Waals surface area contributed by atoms with Crippen LogP contribution in [0.15, 0.2) is 34.0 Å². The van der Waals surface area contributed by atoms with Crippen LogP contribution in [0.4, 0.5) is 0 Å². The predicted octanol–water partition coefficient (Wildman–Crippen LogP) is 3.65. The van der Waals surface area contributed by atoms with Crippen LogP contribution in [0.2, 0.25) is 0 Å².